The second kappa shape index (κ2) is 6.05. The van der Waals surface area contributed by atoms with Gasteiger partial charge in [-0.25, -0.2) is 0 Å². The molecule has 1 aliphatic heterocycles. The molecule has 2 fully saturated rings. The molecule has 1 heterocycles. The Morgan fingerprint density at radius 3 is 2.57 bits per heavy atom. The summed E-state index contributed by atoms with van der Waals surface area (Å²) >= 11 is 1.18. The molecule has 0 bridgehead atoms. The Morgan fingerprint density at radius 2 is 1.93 bits per heavy atom. The highest BCUT2D eigenvalue weighted by atomic mass is 32.2. The van der Waals surface area contributed by atoms with Crippen molar-refractivity contribution in [1.29, 1.82) is 0 Å². The van der Waals surface area contributed by atoms with Gasteiger partial charge < -0.3 is 31.9 Å². The van der Waals surface area contributed by atoms with Crippen LogP contribution in [-0.4, -0.2) is 60.9 Å². The fourth-order valence-electron chi connectivity index (χ4n) is 4.43. The van der Waals surface area contributed by atoms with E-state index in [-0.39, 0.29) is 23.3 Å². The van der Waals surface area contributed by atoms with Gasteiger partial charge in [0.05, 0.1) is 17.2 Å². The average Bonchev–Trinajstić information content (AvgIpc) is 2.62. The highest BCUT2D eigenvalue weighted by Gasteiger charge is 2.66. The van der Waals surface area contributed by atoms with Crippen molar-refractivity contribution in [3.05, 3.63) is 29.3 Å². The Kier molecular flexibility index (Phi) is 4.09. The summed E-state index contributed by atoms with van der Waals surface area (Å²) in [6.07, 6.45) is -1.64. The third-order valence-electron chi connectivity index (χ3n) is 5.85. The van der Waals surface area contributed by atoms with Gasteiger partial charge >= 0.3 is 0 Å². The lowest BCUT2D eigenvalue weighted by Crippen LogP contribution is -2.73. The Bertz CT molecular complexity index is 961. The molecule has 0 radical (unpaired) electrons. The predicted molar refractivity (Wildman–Crippen MR) is 97.0 cm³/mol. The standard InChI is InChI=1S/C18H18N2O7S/c19-12-5-4-8-10(13(22)9-6(21)2-1-3-7(9)28-8)15(24)18(5,27)16(25)11(14(12)23)17(20)26/h1-3,5,8,11-12,14,21-23,27H,4,19H2,(H2,20,26). The minimum Gasteiger partial charge on any atom is -0.507 e. The number of carbonyl (C=O) groups excluding carboxylic acids is 3. The van der Waals surface area contributed by atoms with Gasteiger partial charge in [0, 0.05) is 22.1 Å². The molecule has 9 nitrogen and oxygen atoms in total. The number of nitrogens with two attached hydrogens (primary N) is 2. The molecular weight excluding hydrogens is 388 g/mol. The molecule has 8 N–H and O–H groups in total. The number of aliphatic hydroxyl groups excluding tert-OH is 2. The Morgan fingerprint density at radius 1 is 1.25 bits per heavy atom. The van der Waals surface area contributed by atoms with E-state index in [2.05, 4.69) is 0 Å². The number of aromatic hydroxyl groups is 1. The number of carbonyl (C=O) groups is 3. The number of phenolic OH excluding ortho intramolecular Hbond substituents is 1. The summed E-state index contributed by atoms with van der Waals surface area (Å²) in [6, 6.07) is 3.32. The van der Waals surface area contributed by atoms with Gasteiger partial charge in [0.25, 0.3) is 0 Å². The largest absolute Gasteiger partial charge is 0.507 e. The van der Waals surface area contributed by atoms with Crippen LogP contribution in [0.4, 0.5) is 0 Å². The summed E-state index contributed by atoms with van der Waals surface area (Å²) in [5.41, 5.74) is 8.30. The van der Waals surface area contributed by atoms with Crippen LogP contribution in [0.1, 0.15) is 12.0 Å². The summed E-state index contributed by atoms with van der Waals surface area (Å²) in [5, 5.41) is 41.5. The number of thioether (sulfide) groups is 1. The molecule has 2 saturated carbocycles. The summed E-state index contributed by atoms with van der Waals surface area (Å²) < 4.78 is 0. The van der Waals surface area contributed by atoms with Crippen LogP contribution in [0.2, 0.25) is 0 Å². The number of ketones is 2. The third-order valence-corrected chi connectivity index (χ3v) is 7.15. The Labute approximate surface area is 163 Å². The van der Waals surface area contributed by atoms with Crippen molar-refractivity contribution < 1.29 is 34.8 Å². The van der Waals surface area contributed by atoms with Crippen molar-refractivity contribution in [2.24, 2.45) is 23.3 Å². The van der Waals surface area contributed by atoms with E-state index in [1.807, 2.05) is 0 Å². The summed E-state index contributed by atoms with van der Waals surface area (Å²) in [5.74, 6) is -7.30. The number of rotatable bonds is 1. The van der Waals surface area contributed by atoms with E-state index in [0.717, 1.165) is 0 Å². The highest BCUT2D eigenvalue weighted by molar-refractivity contribution is 8.00. The van der Waals surface area contributed by atoms with Crippen LogP contribution < -0.4 is 11.5 Å². The number of fused-ring (bicyclic) bond motifs is 3. The first kappa shape index (κ1) is 18.9. The van der Waals surface area contributed by atoms with E-state index in [9.17, 15) is 34.8 Å². The van der Waals surface area contributed by atoms with Crippen molar-refractivity contribution in [3.63, 3.8) is 0 Å². The van der Waals surface area contributed by atoms with Gasteiger partial charge in [-0.1, -0.05) is 6.07 Å². The number of primary amides is 1. The monoisotopic (exact) mass is 406 g/mol. The SMILES string of the molecule is NC(=O)C1C(=O)C2(O)C(=O)C3=C(O)c4c(O)cccc4SC3CC2C(N)C1O. The lowest BCUT2D eigenvalue weighted by atomic mass is 9.58. The number of hydrogen-bond donors (Lipinski definition) is 6. The number of amides is 1. The molecule has 4 rings (SSSR count). The fourth-order valence-corrected chi connectivity index (χ4v) is 5.85. The average molecular weight is 406 g/mol. The maximum atomic E-state index is 13.2. The van der Waals surface area contributed by atoms with Crippen molar-refractivity contribution in [3.8, 4) is 5.75 Å². The second-order valence-corrected chi connectivity index (χ2v) is 8.51. The zero-order chi connectivity index (χ0) is 20.5. The van der Waals surface area contributed by atoms with Crippen molar-refractivity contribution >= 4 is 35.0 Å². The van der Waals surface area contributed by atoms with E-state index in [4.69, 9.17) is 11.5 Å². The zero-order valence-corrected chi connectivity index (χ0v) is 15.2. The van der Waals surface area contributed by atoms with Crippen LogP contribution >= 0.6 is 11.8 Å². The molecule has 2 aliphatic carbocycles. The molecule has 3 aliphatic rings. The normalized spacial score (nSPS) is 37.2. The molecule has 0 aromatic heterocycles. The van der Waals surface area contributed by atoms with E-state index >= 15 is 0 Å². The van der Waals surface area contributed by atoms with Crippen LogP contribution in [0, 0.1) is 11.8 Å². The third kappa shape index (κ3) is 2.23. The molecule has 10 heteroatoms. The van der Waals surface area contributed by atoms with Gasteiger partial charge in [-0.2, -0.15) is 0 Å². The lowest BCUT2D eigenvalue weighted by Gasteiger charge is -2.50. The van der Waals surface area contributed by atoms with E-state index in [1.54, 1.807) is 12.1 Å². The second-order valence-electron chi connectivity index (χ2n) is 7.27. The number of benzene rings is 1. The first-order valence-electron chi connectivity index (χ1n) is 8.57. The maximum absolute atomic E-state index is 13.2. The molecule has 28 heavy (non-hydrogen) atoms. The van der Waals surface area contributed by atoms with Crippen LogP contribution in [0.15, 0.2) is 28.7 Å². The van der Waals surface area contributed by atoms with Gasteiger partial charge in [-0.3, -0.25) is 14.4 Å². The number of aliphatic hydroxyl groups is 3. The smallest absolute Gasteiger partial charge is 0.230 e. The molecule has 6 unspecified atom stereocenters. The molecular formula is C18H18N2O7S. The molecule has 6 atom stereocenters. The number of hydrogen-bond acceptors (Lipinski definition) is 9. The fraction of sp³-hybridized carbons (Fsp3) is 0.389. The Hall–Kier alpha value is -2.40. The molecule has 1 aromatic carbocycles. The zero-order valence-electron chi connectivity index (χ0n) is 14.4. The van der Waals surface area contributed by atoms with Crippen LogP contribution in [0.5, 0.6) is 5.75 Å². The van der Waals surface area contributed by atoms with Crippen molar-refractivity contribution in [2.75, 3.05) is 0 Å². The van der Waals surface area contributed by atoms with Crippen molar-refractivity contribution in [2.45, 2.75) is 34.3 Å². The first-order chi connectivity index (χ1) is 13.1. The van der Waals surface area contributed by atoms with E-state index < -0.39 is 58.1 Å². The molecule has 0 saturated heterocycles. The van der Waals surface area contributed by atoms with Crippen molar-refractivity contribution in [1.82, 2.24) is 0 Å². The minimum atomic E-state index is -2.69. The van der Waals surface area contributed by atoms with Crippen LogP contribution in [-0.2, 0) is 14.4 Å². The van der Waals surface area contributed by atoms with Gasteiger partial charge in [0.15, 0.2) is 11.4 Å². The number of phenols is 1. The summed E-state index contributed by atoms with van der Waals surface area (Å²) in [6.45, 7) is 0. The number of Topliss-reactive ketones (excluding diaryl/α,β-unsaturated/α-hetero) is 2. The van der Waals surface area contributed by atoms with Gasteiger partial charge in [0.2, 0.25) is 11.7 Å². The molecule has 1 aromatic rings. The quantitative estimate of drug-likeness (QED) is 0.313. The van der Waals surface area contributed by atoms with Gasteiger partial charge in [-0.15, -0.1) is 11.8 Å². The van der Waals surface area contributed by atoms with Crippen LogP contribution in [0.3, 0.4) is 0 Å². The topological polar surface area (TPSA) is 184 Å². The summed E-state index contributed by atoms with van der Waals surface area (Å²) in [7, 11) is 0. The molecule has 148 valence electrons. The predicted octanol–water partition coefficient (Wildman–Crippen LogP) is -1.17. The molecule has 1 amide bonds. The maximum Gasteiger partial charge on any atom is 0.230 e. The lowest BCUT2D eigenvalue weighted by molar-refractivity contribution is -0.175. The molecule has 0 spiro atoms. The van der Waals surface area contributed by atoms with E-state index in [0.29, 0.717) is 4.90 Å². The first-order valence-corrected chi connectivity index (χ1v) is 9.45. The minimum absolute atomic E-state index is 0.00313. The van der Waals surface area contributed by atoms with Gasteiger partial charge in [-0.05, 0) is 18.6 Å². The van der Waals surface area contributed by atoms with Crippen LogP contribution in [0.25, 0.3) is 5.76 Å². The summed E-state index contributed by atoms with van der Waals surface area (Å²) in [4.78, 5) is 38.2. The van der Waals surface area contributed by atoms with Gasteiger partial charge in [0.1, 0.15) is 17.4 Å². The Balaban J connectivity index is 1.90. The highest BCUT2D eigenvalue weighted by Crippen LogP contribution is 2.53. The van der Waals surface area contributed by atoms with E-state index in [1.165, 1.54) is 17.8 Å².